The van der Waals surface area contributed by atoms with E-state index in [9.17, 15) is 13.5 Å². The number of benzene rings is 1. The molecule has 1 aromatic carbocycles. The highest BCUT2D eigenvalue weighted by molar-refractivity contribution is 7.89. The van der Waals surface area contributed by atoms with Crippen LogP contribution in [0.1, 0.15) is 26.2 Å². The summed E-state index contributed by atoms with van der Waals surface area (Å²) < 4.78 is 27.2. The third-order valence-corrected chi connectivity index (χ3v) is 6.57. The molecule has 0 aromatic heterocycles. The van der Waals surface area contributed by atoms with E-state index in [1.54, 1.807) is 4.31 Å². The predicted octanol–water partition coefficient (Wildman–Crippen LogP) is 1.64. The lowest BCUT2D eigenvalue weighted by Crippen LogP contribution is -2.59. The summed E-state index contributed by atoms with van der Waals surface area (Å²) in [5.74, 6) is 0.0825. The van der Waals surface area contributed by atoms with Crippen molar-refractivity contribution in [3.63, 3.8) is 0 Å². The summed E-state index contributed by atoms with van der Waals surface area (Å²) in [7, 11) is -3.48. The van der Waals surface area contributed by atoms with E-state index in [-0.39, 0.29) is 16.7 Å². The first-order valence-electron chi connectivity index (χ1n) is 7.53. The summed E-state index contributed by atoms with van der Waals surface area (Å²) in [5.41, 5.74) is 0. The van der Waals surface area contributed by atoms with Crippen LogP contribution in [-0.4, -0.2) is 54.4 Å². The molecule has 0 aliphatic carbocycles. The molecule has 21 heavy (non-hydrogen) atoms. The van der Waals surface area contributed by atoms with Crippen LogP contribution < -0.4 is 0 Å². The molecule has 1 N–H and O–H groups in total. The molecule has 0 amide bonds. The van der Waals surface area contributed by atoms with Crippen molar-refractivity contribution < 1.29 is 13.5 Å². The average molecular weight is 310 g/mol. The average Bonchev–Trinajstić information content (AvgIpc) is 2.47. The number of hydrogen-bond donors (Lipinski definition) is 1. The fourth-order valence-electron chi connectivity index (χ4n) is 3.41. The van der Waals surface area contributed by atoms with Gasteiger partial charge >= 0.3 is 0 Å². The summed E-state index contributed by atoms with van der Waals surface area (Å²) in [6.07, 6.45) is 3.48. The molecule has 2 unspecified atom stereocenters. The molecule has 2 aliphatic rings. The van der Waals surface area contributed by atoms with Gasteiger partial charge in [-0.1, -0.05) is 6.42 Å². The van der Waals surface area contributed by atoms with Gasteiger partial charge in [0.1, 0.15) is 5.75 Å². The van der Waals surface area contributed by atoms with Gasteiger partial charge in [0, 0.05) is 25.2 Å². The Labute approximate surface area is 126 Å². The third-order valence-electron chi connectivity index (χ3n) is 4.57. The monoisotopic (exact) mass is 310 g/mol. The second-order valence-electron chi connectivity index (χ2n) is 6.06. The molecule has 0 radical (unpaired) electrons. The van der Waals surface area contributed by atoms with Gasteiger partial charge in [-0.15, -0.1) is 0 Å². The molecule has 2 heterocycles. The van der Waals surface area contributed by atoms with E-state index < -0.39 is 10.0 Å². The van der Waals surface area contributed by atoms with Gasteiger partial charge in [-0.3, -0.25) is 4.90 Å². The quantitative estimate of drug-likeness (QED) is 0.902. The first-order valence-corrected chi connectivity index (χ1v) is 8.97. The lowest BCUT2D eigenvalue weighted by Gasteiger charge is -2.46. The summed E-state index contributed by atoms with van der Waals surface area (Å²) >= 11 is 0. The van der Waals surface area contributed by atoms with Gasteiger partial charge in [-0.25, -0.2) is 8.42 Å². The van der Waals surface area contributed by atoms with Gasteiger partial charge in [-0.2, -0.15) is 4.31 Å². The van der Waals surface area contributed by atoms with E-state index in [2.05, 4.69) is 4.90 Å². The molecule has 116 valence electrons. The Kier molecular flexibility index (Phi) is 3.94. The molecule has 2 fully saturated rings. The maximum Gasteiger partial charge on any atom is 0.243 e. The summed E-state index contributed by atoms with van der Waals surface area (Å²) in [4.78, 5) is 2.69. The van der Waals surface area contributed by atoms with E-state index in [4.69, 9.17) is 0 Å². The third kappa shape index (κ3) is 2.80. The molecular weight excluding hydrogens is 288 g/mol. The van der Waals surface area contributed by atoms with Crippen LogP contribution in [0.25, 0.3) is 0 Å². The number of rotatable bonds is 2. The minimum Gasteiger partial charge on any atom is -0.508 e. The smallest absolute Gasteiger partial charge is 0.243 e. The van der Waals surface area contributed by atoms with Crippen LogP contribution in [0.4, 0.5) is 0 Å². The van der Waals surface area contributed by atoms with E-state index in [1.165, 1.54) is 37.1 Å². The van der Waals surface area contributed by atoms with Crippen LogP contribution >= 0.6 is 0 Å². The number of piperazine rings is 1. The minimum atomic E-state index is -3.48. The van der Waals surface area contributed by atoms with Crippen LogP contribution in [0.5, 0.6) is 5.75 Å². The molecule has 2 saturated heterocycles. The SMILES string of the molecule is CC1CN2CCCCC2CN1S(=O)(=O)c1ccc(O)cc1. The zero-order valence-electron chi connectivity index (χ0n) is 12.3. The fraction of sp³-hybridized carbons (Fsp3) is 0.600. The second-order valence-corrected chi connectivity index (χ2v) is 7.95. The zero-order valence-corrected chi connectivity index (χ0v) is 13.1. The van der Waals surface area contributed by atoms with Crippen molar-refractivity contribution in [1.29, 1.82) is 0 Å². The van der Waals surface area contributed by atoms with E-state index in [0.29, 0.717) is 12.6 Å². The Morgan fingerprint density at radius 1 is 1.14 bits per heavy atom. The molecule has 5 nitrogen and oxygen atoms in total. The van der Waals surface area contributed by atoms with Gasteiger partial charge in [0.05, 0.1) is 4.90 Å². The Morgan fingerprint density at radius 2 is 1.86 bits per heavy atom. The Bertz CT molecular complexity index is 600. The van der Waals surface area contributed by atoms with Crippen molar-refractivity contribution in [2.24, 2.45) is 0 Å². The zero-order chi connectivity index (χ0) is 15.0. The van der Waals surface area contributed by atoms with E-state index in [1.807, 2.05) is 6.92 Å². The van der Waals surface area contributed by atoms with Crippen LogP contribution in [0, 0.1) is 0 Å². The Hall–Kier alpha value is -1.11. The van der Waals surface area contributed by atoms with Crippen LogP contribution in [-0.2, 0) is 10.0 Å². The highest BCUT2D eigenvalue weighted by Gasteiger charge is 2.39. The normalized spacial score (nSPS) is 28.2. The van der Waals surface area contributed by atoms with Crippen LogP contribution in [0.2, 0.25) is 0 Å². The van der Waals surface area contributed by atoms with Crippen molar-refractivity contribution in [3.8, 4) is 5.75 Å². The topological polar surface area (TPSA) is 60.9 Å². The molecule has 0 bridgehead atoms. The van der Waals surface area contributed by atoms with Crippen molar-refractivity contribution in [2.75, 3.05) is 19.6 Å². The highest BCUT2D eigenvalue weighted by atomic mass is 32.2. The maximum atomic E-state index is 12.8. The standard InChI is InChI=1S/C15H22N2O3S/c1-12-10-16-9-3-2-4-13(16)11-17(12)21(19,20)15-7-5-14(18)6-8-15/h5-8,12-13,18H,2-4,9-11H2,1H3. The lowest BCUT2D eigenvalue weighted by molar-refractivity contribution is 0.0564. The summed E-state index contributed by atoms with van der Waals surface area (Å²) in [5, 5.41) is 9.32. The van der Waals surface area contributed by atoms with Crippen molar-refractivity contribution >= 4 is 10.0 Å². The van der Waals surface area contributed by atoms with Gasteiger partial charge in [-0.05, 0) is 50.6 Å². The number of aromatic hydroxyl groups is 1. The summed E-state index contributed by atoms with van der Waals surface area (Å²) in [6.45, 7) is 4.44. The fourth-order valence-corrected chi connectivity index (χ4v) is 5.07. The molecule has 0 spiro atoms. The molecule has 3 rings (SSSR count). The predicted molar refractivity (Wildman–Crippen MR) is 80.7 cm³/mol. The molecule has 2 atom stereocenters. The Morgan fingerprint density at radius 3 is 2.57 bits per heavy atom. The first kappa shape index (κ1) is 14.8. The number of phenols is 1. The minimum absolute atomic E-state index is 0.0156. The van der Waals surface area contributed by atoms with E-state index >= 15 is 0 Å². The number of hydrogen-bond acceptors (Lipinski definition) is 4. The largest absolute Gasteiger partial charge is 0.508 e. The van der Waals surface area contributed by atoms with Crippen molar-refractivity contribution in [1.82, 2.24) is 9.21 Å². The maximum absolute atomic E-state index is 12.8. The number of fused-ring (bicyclic) bond motifs is 1. The number of sulfonamides is 1. The second kappa shape index (κ2) is 5.59. The number of piperidine rings is 1. The van der Waals surface area contributed by atoms with Crippen LogP contribution in [0.3, 0.4) is 0 Å². The lowest BCUT2D eigenvalue weighted by atomic mass is 9.99. The van der Waals surface area contributed by atoms with Crippen molar-refractivity contribution in [3.05, 3.63) is 24.3 Å². The highest BCUT2D eigenvalue weighted by Crippen LogP contribution is 2.28. The van der Waals surface area contributed by atoms with Gasteiger partial charge < -0.3 is 5.11 Å². The first-order chi connectivity index (χ1) is 9.98. The Balaban J connectivity index is 1.86. The molecule has 2 aliphatic heterocycles. The molecule has 6 heteroatoms. The summed E-state index contributed by atoms with van der Waals surface area (Å²) in [6, 6.07) is 6.14. The van der Waals surface area contributed by atoms with Gasteiger partial charge in [0.2, 0.25) is 10.0 Å². The van der Waals surface area contributed by atoms with Crippen molar-refractivity contribution in [2.45, 2.75) is 43.2 Å². The number of phenolic OH excluding ortho intramolecular Hbond substituents is 1. The van der Waals surface area contributed by atoms with Crippen LogP contribution in [0.15, 0.2) is 29.2 Å². The van der Waals surface area contributed by atoms with Gasteiger partial charge in [0.15, 0.2) is 0 Å². The molecule has 0 saturated carbocycles. The number of nitrogens with zero attached hydrogens (tertiary/aromatic N) is 2. The van der Waals surface area contributed by atoms with Gasteiger partial charge in [0.25, 0.3) is 0 Å². The molecule has 1 aromatic rings. The van der Waals surface area contributed by atoms with E-state index in [0.717, 1.165) is 19.5 Å². The molecular formula is C15H22N2O3S.